The number of hydrogen-bond donors (Lipinski definition) is 1. The topological polar surface area (TPSA) is 73.6 Å². The fraction of sp³-hybridized carbons (Fsp3) is 0.667. The van der Waals surface area contributed by atoms with Gasteiger partial charge >= 0.3 is 5.97 Å². The largest absolute Gasteiger partial charge is 0.461 e. The molecule has 1 aliphatic carbocycles. The van der Waals surface area contributed by atoms with Crippen LogP contribution in [0.2, 0.25) is 0 Å². The molecule has 6 nitrogen and oxygen atoms in total. The fourth-order valence-electron chi connectivity index (χ4n) is 1.91. The molecule has 0 atom stereocenters. The lowest BCUT2D eigenvalue weighted by molar-refractivity contribution is -0.0604. The summed E-state index contributed by atoms with van der Waals surface area (Å²) < 4.78 is 15.5. The van der Waals surface area contributed by atoms with E-state index in [0.29, 0.717) is 19.2 Å². The fourth-order valence-corrected chi connectivity index (χ4v) is 1.91. The Morgan fingerprint density at radius 1 is 1.61 bits per heavy atom. The Labute approximate surface area is 106 Å². The number of methoxy groups -OCH3 is 1. The summed E-state index contributed by atoms with van der Waals surface area (Å²) in [5.74, 6) is -0.473. The van der Waals surface area contributed by atoms with Gasteiger partial charge in [0, 0.05) is 13.7 Å². The Bertz CT molecular complexity index is 406. The minimum Gasteiger partial charge on any atom is -0.461 e. The van der Waals surface area contributed by atoms with Crippen molar-refractivity contribution in [2.45, 2.75) is 31.8 Å². The van der Waals surface area contributed by atoms with Gasteiger partial charge in [-0.1, -0.05) is 0 Å². The first-order chi connectivity index (χ1) is 8.69. The molecule has 1 aromatic rings. The molecule has 1 aliphatic rings. The van der Waals surface area contributed by atoms with E-state index in [0.717, 1.165) is 12.8 Å². The molecule has 1 N–H and O–H groups in total. The molecule has 0 unspecified atom stereocenters. The molecule has 1 saturated carbocycles. The van der Waals surface area contributed by atoms with Crippen molar-refractivity contribution in [3.05, 3.63) is 12.0 Å². The zero-order valence-electron chi connectivity index (χ0n) is 10.7. The van der Waals surface area contributed by atoms with Crippen molar-refractivity contribution in [2.75, 3.05) is 25.6 Å². The summed E-state index contributed by atoms with van der Waals surface area (Å²) in [4.78, 5) is 15.4. The third-order valence-electron chi connectivity index (χ3n) is 3.25. The molecule has 0 aromatic carbocycles. The van der Waals surface area contributed by atoms with Gasteiger partial charge < -0.3 is 19.2 Å². The van der Waals surface area contributed by atoms with Crippen LogP contribution in [0.4, 0.5) is 6.01 Å². The quantitative estimate of drug-likeness (QED) is 0.781. The van der Waals surface area contributed by atoms with E-state index in [1.165, 1.54) is 12.7 Å². The summed E-state index contributed by atoms with van der Waals surface area (Å²) >= 11 is 0. The van der Waals surface area contributed by atoms with Gasteiger partial charge in [-0.15, -0.1) is 0 Å². The predicted molar refractivity (Wildman–Crippen MR) is 64.5 cm³/mol. The number of rotatable bonds is 6. The molecule has 0 radical (unpaired) electrons. The lowest BCUT2D eigenvalue weighted by atomic mass is 9.80. The minimum absolute atomic E-state index is 0.113. The van der Waals surface area contributed by atoms with Crippen LogP contribution in [0, 0.1) is 0 Å². The standard InChI is InChI=1S/C12H18N2O4/c1-3-17-10(15)9-7-18-11(14-9)13-8-12(16-2)5-4-6-12/h7H,3-6,8H2,1-2H3,(H,13,14). The van der Waals surface area contributed by atoms with Crippen LogP contribution in [0.1, 0.15) is 36.7 Å². The number of oxazole rings is 1. The second kappa shape index (κ2) is 5.39. The van der Waals surface area contributed by atoms with Crippen LogP contribution >= 0.6 is 0 Å². The maximum atomic E-state index is 11.4. The van der Waals surface area contributed by atoms with Gasteiger partial charge in [-0.3, -0.25) is 0 Å². The van der Waals surface area contributed by atoms with Crippen LogP contribution in [-0.4, -0.2) is 36.8 Å². The number of nitrogens with one attached hydrogen (secondary N) is 1. The molecule has 0 spiro atoms. The van der Waals surface area contributed by atoms with Gasteiger partial charge in [0.05, 0.1) is 12.2 Å². The summed E-state index contributed by atoms with van der Waals surface area (Å²) in [6.45, 7) is 2.70. The smallest absolute Gasteiger partial charge is 0.360 e. The number of nitrogens with zero attached hydrogens (tertiary/aromatic N) is 1. The van der Waals surface area contributed by atoms with Gasteiger partial charge in [-0.25, -0.2) is 4.79 Å². The lowest BCUT2D eigenvalue weighted by Crippen LogP contribution is -2.45. The first-order valence-corrected chi connectivity index (χ1v) is 6.11. The summed E-state index contributed by atoms with van der Waals surface area (Å²) in [5, 5.41) is 3.05. The van der Waals surface area contributed by atoms with Crippen LogP contribution in [0.3, 0.4) is 0 Å². The maximum absolute atomic E-state index is 11.4. The first-order valence-electron chi connectivity index (χ1n) is 6.11. The number of ether oxygens (including phenoxy) is 2. The molecule has 2 rings (SSSR count). The number of hydrogen-bond acceptors (Lipinski definition) is 6. The zero-order chi connectivity index (χ0) is 13.0. The number of esters is 1. The van der Waals surface area contributed by atoms with Crippen LogP contribution in [0.25, 0.3) is 0 Å². The molecule has 0 saturated heterocycles. The highest BCUT2D eigenvalue weighted by Crippen LogP contribution is 2.34. The monoisotopic (exact) mass is 254 g/mol. The zero-order valence-corrected chi connectivity index (χ0v) is 10.7. The SMILES string of the molecule is CCOC(=O)c1coc(NCC2(OC)CCC2)n1. The maximum Gasteiger partial charge on any atom is 0.360 e. The van der Waals surface area contributed by atoms with E-state index in [9.17, 15) is 4.79 Å². The summed E-state index contributed by atoms with van der Waals surface area (Å²) in [6, 6.07) is 0.321. The van der Waals surface area contributed by atoms with Crippen molar-refractivity contribution in [1.29, 1.82) is 0 Å². The third kappa shape index (κ3) is 2.64. The van der Waals surface area contributed by atoms with E-state index in [1.54, 1.807) is 14.0 Å². The molecule has 0 aliphatic heterocycles. The third-order valence-corrected chi connectivity index (χ3v) is 3.25. The summed E-state index contributed by atoms with van der Waals surface area (Å²) in [6.07, 6.45) is 4.53. The molecule has 0 amide bonds. The van der Waals surface area contributed by atoms with E-state index >= 15 is 0 Å². The highest BCUT2D eigenvalue weighted by molar-refractivity contribution is 5.87. The number of anilines is 1. The summed E-state index contributed by atoms with van der Waals surface area (Å²) in [5.41, 5.74) is 0.0675. The molecule has 0 bridgehead atoms. The van der Waals surface area contributed by atoms with Crippen LogP contribution in [0.5, 0.6) is 0 Å². The Balaban J connectivity index is 1.88. The van der Waals surface area contributed by atoms with Crippen molar-refractivity contribution < 1.29 is 18.7 Å². The van der Waals surface area contributed by atoms with Gasteiger partial charge in [0.1, 0.15) is 6.26 Å². The van der Waals surface area contributed by atoms with E-state index in [2.05, 4.69) is 10.3 Å². The predicted octanol–water partition coefficient (Wildman–Crippen LogP) is 1.83. The van der Waals surface area contributed by atoms with Crippen LogP contribution in [0.15, 0.2) is 10.7 Å². The molecule has 18 heavy (non-hydrogen) atoms. The molecular weight excluding hydrogens is 236 g/mol. The molecular formula is C12H18N2O4. The minimum atomic E-state index is -0.473. The average molecular weight is 254 g/mol. The number of carbonyl (C=O) groups is 1. The number of aromatic nitrogens is 1. The van der Waals surface area contributed by atoms with Gasteiger partial charge in [0.15, 0.2) is 5.69 Å². The van der Waals surface area contributed by atoms with Crippen LogP contribution < -0.4 is 5.32 Å². The van der Waals surface area contributed by atoms with Gasteiger partial charge in [-0.05, 0) is 26.2 Å². The first kappa shape index (κ1) is 12.9. The van der Waals surface area contributed by atoms with Crippen molar-refractivity contribution >= 4 is 12.0 Å². The Morgan fingerprint density at radius 3 is 2.94 bits per heavy atom. The Morgan fingerprint density at radius 2 is 2.39 bits per heavy atom. The van der Waals surface area contributed by atoms with Gasteiger partial charge in [0.25, 0.3) is 6.01 Å². The highest BCUT2D eigenvalue weighted by atomic mass is 16.5. The van der Waals surface area contributed by atoms with Crippen molar-refractivity contribution in [2.24, 2.45) is 0 Å². The van der Waals surface area contributed by atoms with Gasteiger partial charge in [0.2, 0.25) is 0 Å². The van der Waals surface area contributed by atoms with Crippen LogP contribution in [-0.2, 0) is 9.47 Å². The van der Waals surface area contributed by atoms with E-state index in [-0.39, 0.29) is 11.3 Å². The van der Waals surface area contributed by atoms with Crippen molar-refractivity contribution in [3.8, 4) is 0 Å². The van der Waals surface area contributed by atoms with E-state index in [1.807, 2.05) is 0 Å². The van der Waals surface area contributed by atoms with E-state index in [4.69, 9.17) is 13.9 Å². The lowest BCUT2D eigenvalue weighted by Gasteiger charge is -2.40. The Kier molecular flexibility index (Phi) is 3.86. The molecule has 1 fully saturated rings. The van der Waals surface area contributed by atoms with Crippen molar-refractivity contribution in [3.63, 3.8) is 0 Å². The summed E-state index contributed by atoms with van der Waals surface area (Å²) in [7, 11) is 1.71. The highest BCUT2D eigenvalue weighted by Gasteiger charge is 2.37. The number of carbonyl (C=O) groups excluding carboxylic acids is 1. The second-order valence-corrected chi connectivity index (χ2v) is 4.35. The molecule has 1 heterocycles. The normalized spacial score (nSPS) is 17.0. The Hall–Kier alpha value is -1.56. The van der Waals surface area contributed by atoms with Gasteiger partial charge in [-0.2, -0.15) is 4.98 Å². The second-order valence-electron chi connectivity index (χ2n) is 4.35. The molecule has 100 valence electrons. The van der Waals surface area contributed by atoms with Crippen molar-refractivity contribution in [1.82, 2.24) is 4.98 Å². The molecule has 6 heteroatoms. The average Bonchev–Trinajstić information content (AvgIpc) is 2.77. The van der Waals surface area contributed by atoms with E-state index < -0.39 is 5.97 Å². The molecule has 1 aromatic heterocycles.